The molecule has 10 heteroatoms. The van der Waals surface area contributed by atoms with Crippen molar-refractivity contribution in [3.8, 4) is 0 Å². The van der Waals surface area contributed by atoms with E-state index >= 15 is 0 Å². The molecule has 0 atom stereocenters. The first kappa shape index (κ1) is 20.5. The fourth-order valence-corrected chi connectivity index (χ4v) is 2.64. The van der Waals surface area contributed by atoms with Gasteiger partial charge in [-0.3, -0.25) is 0 Å². The summed E-state index contributed by atoms with van der Waals surface area (Å²) in [5.74, 6) is -10.0. The maximum absolute atomic E-state index is 13.8. The van der Waals surface area contributed by atoms with Gasteiger partial charge in [-0.15, -0.1) is 0 Å². The minimum Gasteiger partial charge on any atom is -0.461 e. The lowest BCUT2D eigenvalue weighted by Gasteiger charge is -2.32. The molecule has 1 aromatic heterocycles. The minimum atomic E-state index is -2.25. The van der Waals surface area contributed by atoms with Crippen LogP contribution in [0.1, 0.15) is 39.2 Å². The third kappa shape index (κ3) is 3.24. The van der Waals surface area contributed by atoms with Crippen molar-refractivity contribution < 1.29 is 35.7 Å². The molecule has 1 saturated heterocycles. The van der Waals surface area contributed by atoms with Gasteiger partial charge in [0.15, 0.2) is 23.3 Å². The standard InChI is InChI=1S/C18H17BF5NO3/c1-8-6-9(19-27-17(2,3)18(4,5)28-19)10(26-8)7-25-16-14(23)12(21)11(20)13(22)15(16)24/h6-7H,1-5H3. The highest BCUT2D eigenvalue weighted by atomic mass is 19.2. The van der Waals surface area contributed by atoms with E-state index in [2.05, 4.69) is 4.99 Å². The van der Waals surface area contributed by atoms with Gasteiger partial charge in [-0.25, -0.2) is 26.9 Å². The normalized spacial score (nSPS) is 18.4. The smallest absolute Gasteiger partial charge is 0.461 e. The Kier molecular flexibility index (Phi) is 4.91. The summed E-state index contributed by atoms with van der Waals surface area (Å²) in [5.41, 5.74) is -2.24. The Balaban J connectivity index is 2.01. The number of hydrogen-bond donors (Lipinski definition) is 0. The lowest BCUT2D eigenvalue weighted by Crippen LogP contribution is -2.41. The molecule has 0 N–H and O–H groups in total. The minimum absolute atomic E-state index is 0.0138. The third-order valence-corrected chi connectivity index (χ3v) is 4.92. The second-order valence-corrected chi connectivity index (χ2v) is 7.44. The zero-order valence-electron chi connectivity index (χ0n) is 15.8. The molecule has 0 spiro atoms. The highest BCUT2D eigenvalue weighted by Crippen LogP contribution is 2.37. The lowest BCUT2D eigenvalue weighted by atomic mass is 9.79. The summed E-state index contributed by atoms with van der Waals surface area (Å²) in [6, 6.07) is 1.59. The Labute approximate surface area is 158 Å². The summed E-state index contributed by atoms with van der Waals surface area (Å²) in [7, 11) is -0.861. The van der Waals surface area contributed by atoms with Crippen molar-refractivity contribution in [1.82, 2.24) is 0 Å². The Hall–Kier alpha value is -2.20. The van der Waals surface area contributed by atoms with Crippen molar-refractivity contribution in [2.24, 2.45) is 4.99 Å². The van der Waals surface area contributed by atoms with Crippen LogP contribution in [0, 0.1) is 36.0 Å². The van der Waals surface area contributed by atoms with E-state index in [1.807, 2.05) is 27.7 Å². The van der Waals surface area contributed by atoms with E-state index in [9.17, 15) is 22.0 Å². The number of aryl methyl sites for hydroxylation is 1. The number of furan rings is 1. The van der Waals surface area contributed by atoms with Crippen LogP contribution < -0.4 is 5.46 Å². The molecule has 0 unspecified atom stereocenters. The third-order valence-electron chi connectivity index (χ3n) is 4.92. The van der Waals surface area contributed by atoms with Crippen LogP contribution in [0.5, 0.6) is 0 Å². The van der Waals surface area contributed by atoms with Crippen LogP contribution in [0.4, 0.5) is 27.6 Å². The number of aliphatic imine (C=N–C) groups is 1. The summed E-state index contributed by atoms with van der Waals surface area (Å²) in [4.78, 5) is 3.43. The molecular formula is C18H17BF5NO3. The number of halogens is 5. The first-order chi connectivity index (χ1) is 12.9. The average Bonchev–Trinajstić information content (AvgIpc) is 3.07. The van der Waals surface area contributed by atoms with E-state index < -0.39 is 53.1 Å². The Morgan fingerprint density at radius 1 is 0.857 bits per heavy atom. The predicted molar refractivity (Wildman–Crippen MR) is 92.6 cm³/mol. The molecule has 2 aromatic rings. The van der Waals surface area contributed by atoms with E-state index in [0.29, 0.717) is 11.2 Å². The van der Waals surface area contributed by atoms with Gasteiger partial charge in [0.2, 0.25) is 5.82 Å². The molecule has 2 heterocycles. The topological polar surface area (TPSA) is 44.0 Å². The second kappa shape index (κ2) is 6.70. The van der Waals surface area contributed by atoms with Crippen LogP contribution in [0.15, 0.2) is 15.5 Å². The van der Waals surface area contributed by atoms with Gasteiger partial charge in [-0.05, 0) is 40.7 Å². The van der Waals surface area contributed by atoms with Gasteiger partial charge in [-0.2, -0.15) is 0 Å². The van der Waals surface area contributed by atoms with Gasteiger partial charge in [0.05, 0.1) is 17.4 Å². The molecule has 4 nitrogen and oxygen atoms in total. The van der Waals surface area contributed by atoms with Crippen molar-refractivity contribution >= 4 is 24.5 Å². The molecule has 1 fully saturated rings. The van der Waals surface area contributed by atoms with Crippen molar-refractivity contribution in [2.75, 3.05) is 0 Å². The highest BCUT2D eigenvalue weighted by Gasteiger charge is 2.52. The van der Waals surface area contributed by atoms with Crippen LogP contribution in [0.3, 0.4) is 0 Å². The molecule has 0 aliphatic carbocycles. The van der Waals surface area contributed by atoms with Crippen LogP contribution in [-0.2, 0) is 9.31 Å². The predicted octanol–water partition coefficient (Wildman–Crippen LogP) is 4.33. The zero-order chi connectivity index (χ0) is 21.0. The number of hydrogen-bond acceptors (Lipinski definition) is 4. The van der Waals surface area contributed by atoms with Crippen molar-refractivity contribution in [3.05, 3.63) is 46.7 Å². The maximum atomic E-state index is 13.8. The summed E-state index contributed by atoms with van der Waals surface area (Å²) in [6.07, 6.45) is 0.867. The molecule has 0 amide bonds. The van der Waals surface area contributed by atoms with Gasteiger partial charge < -0.3 is 13.7 Å². The fraction of sp³-hybridized carbons (Fsp3) is 0.389. The SMILES string of the molecule is Cc1cc(B2OC(C)(C)C(C)(C)O2)c(C=Nc2c(F)c(F)c(F)c(F)c2F)o1. The van der Waals surface area contributed by atoms with E-state index in [1.54, 1.807) is 13.0 Å². The Morgan fingerprint density at radius 3 is 1.82 bits per heavy atom. The van der Waals surface area contributed by atoms with E-state index in [-0.39, 0.29) is 5.76 Å². The van der Waals surface area contributed by atoms with Crippen LogP contribution in [0.25, 0.3) is 0 Å². The Bertz CT molecular complexity index is 926. The van der Waals surface area contributed by atoms with Gasteiger partial charge in [0.25, 0.3) is 0 Å². The van der Waals surface area contributed by atoms with Crippen molar-refractivity contribution in [2.45, 2.75) is 45.8 Å². The monoisotopic (exact) mass is 401 g/mol. The summed E-state index contributed by atoms with van der Waals surface area (Å²) in [6.45, 7) is 8.96. The molecule has 1 aromatic carbocycles. The maximum Gasteiger partial charge on any atom is 0.498 e. The van der Waals surface area contributed by atoms with Crippen LogP contribution >= 0.6 is 0 Å². The first-order valence-electron chi connectivity index (χ1n) is 8.37. The number of benzene rings is 1. The lowest BCUT2D eigenvalue weighted by molar-refractivity contribution is 0.00578. The average molecular weight is 401 g/mol. The molecule has 0 saturated carbocycles. The quantitative estimate of drug-likeness (QED) is 0.253. The van der Waals surface area contributed by atoms with Gasteiger partial charge >= 0.3 is 7.12 Å². The fourth-order valence-electron chi connectivity index (χ4n) is 2.64. The second-order valence-electron chi connectivity index (χ2n) is 7.44. The molecule has 0 bridgehead atoms. The van der Waals surface area contributed by atoms with E-state index in [1.165, 1.54) is 0 Å². The van der Waals surface area contributed by atoms with Gasteiger partial charge in [0, 0.05) is 5.46 Å². The first-order valence-corrected chi connectivity index (χ1v) is 8.37. The number of nitrogens with zero attached hydrogens (tertiary/aromatic N) is 1. The van der Waals surface area contributed by atoms with E-state index in [0.717, 1.165) is 6.21 Å². The molecule has 150 valence electrons. The summed E-state index contributed by atoms with van der Waals surface area (Å²) >= 11 is 0. The van der Waals surface area contributed by atoms with E-state index in [4.69, 9.17) is 13.7 Å². The largest absolute Gasteiger partial charge is 0.498 e. The zero-order valence-corrected chi connectivity index (χ0v) is 15.8. The van der Waals surface area contributed by atoms with Crippen molar-refractivity contribution in [3.63, 3.8) is 0 Å². The molecular weight excluding hydrogens is 384 g/mol. The molecule has 1 aliphatic heterocycles. The summed E-state index contributed by atoms with van der Waals surface area (Å²) in [5, 5.41) is 0. The van der Waals surface area contributed by atoms with Gasteiger partial charge in [-0.1, -0.05) is 0 Å². The Morgan fingerprint density at radius 2 is 1.32 bits per heavy atom. The summed E-state index contributed by atoms with van der Waals surface area (Å²) < 4.78 is 84.6. The molecule has 0 radical (unpaired) electrons. The van der Waals surface area contributed by atoms with Crippen molar-refractivity contribution in [1.29, 1.82) is 0 Å². The van der Waals surface area contributed by atoms with Crippen LogP contribution in [-0.4, -0.2) is 24.5 Å². The van der Waals surface area contributed by atoms with Gasteiger partial charge in [0.1, 0.15) is 17.2 Å². The highest BCUT2D eigenvalue weighted by molar-refractivity contribution is 6.63. The number of rotatable bonds is 3. The molecule has 28 heavy (non-hydrogen) atoms. The molecule has 3 rings (SSSR count). The van der Waals surface area contributed by atoms with Crippen LogP contribution in [0.2, 0.25) is 0 Å². The molecule has 1 aliphatic rings.